The Hall–Kier alpha value is -3.82. The SMILES string of the molecule is C1CCNCC1.N#Cc1c(N)cc(Nc2ccc(-c3ccccc3)cc2)n2nccc12. The number of pyridine rings is 1. The molecule has 1 aliphatic heterocycles. The lowest BCUT2D eigenvalue weighted by molar-refractivity contribution is 0.520. The molecule has 31 heavy (non-hydrogen) atoms. The molecule has 0 aliphatic carbocycles. The minimum Gasteiger partial charge on any atom is -0.397 e. The van der Waals surface area contributed by atoms with Crippen molar-refractivity contribution in [2.45, 2.75) is 19.3 Å². The number of fused-ring (bicyclic) bond motifs is 1. The van der Waals surface area contributed by atoms with Gasteiger partial charge in [-0.1, -0.05) is 48.9 Å². The first-order valence-electron chi connectivity index (χ1n) is 10.6. The van der Waals surface area contributed by atoms with Crippen LogP contribution in [0.2, 0.25) is 0 Å². The number of hydrogen-bond donors (Lipinski definition) is 3. The van der Waals surface area contributed by atoms with Gasteiger partial charge in [0.2, 0.25) is 0 Å². The molecule has 4 aromatic rings. The zero-order valence-corrected chi connectivity index (χ0v) is 17.4. The molecular formula is C25H26N6. The van der Waals surface area contributed by atoms with Crippen LogP contribution in [0.25, 0.3) is 16.6 Å². The van der Waals surface area contributed by atoms with Gasteiger partial charge in [-0.25, -0.2) is 4.52 Å². The second-order valence-electron chi connectivity index (χ2n) is 7.48. The standard InChI is InChI=1S/C20H15N5.C5H11N/c21-13-17-18(22)12-20(25-19(17)10-11-23-25)24-16-8-6-15(7-9-16)14-4-2-1-3-5-14;1-2-4-6-5-3-1/h1-12,24H,22H2;6H,1-5H2. The molecule has 0 atom stereocenters. The van der Waals surface area contributed by atoms with Gasteiger partial charge in [-0.05, 0) is 55.3 Å². The van der Waals surface area contributed by atoms with Gasteiger partial charge in [0.05, 0.1) is 17.4 Å². The lowest BCUT2D eigenvalue weighted by atomic mass is 10.1. The van der Waals surface area contributed by atoms with E-state index in [0.29, 0.717) is 22.6 Å². The zero-order chi connectivity index (χ0) is 21.5. The van der Waals surface area contributed by atoms with E-state index in [-0.39, 0.29) is 0 Å². The van der Waals surface area contributed by atoms with Gasteiger partial charge in [-0.15, -0.1) is 0 Å². The highest BCUT2D eigenvalue weighted by atomic mass is 15.3. The Labute approximate surface area is 182 Å². The van der Waals surface area contributed by atoms with Crippen LogP contribution in [0.15, 0.2) is 72.9 Å². The van der Waals surface area contributed by atoms with Crippen molar-refractivity contribution in [1.82, 2.24) is 14.9 Å². The Balaban J connectivity index is 0.000000334. The Kier molecular flexibility index (Phi) is 6.46. The lowest BCUT2D eigenvalue weighted by Gasteiger charge is -2.11. The van der Waals surface area contributed by atoms with Gasteiger partial charge in [0.1, 0.15) is 17.5 Å². The van der Waals surface area contributed by atoms with Crippen LogP contribution >= 0.6 is 0 Å². The molecule has 156 valence electrons. The van der Waals surface area contributed by atoms with Gasteiger partial charge in [0, 0.05) is 11.8 Å². The van der Waals surface area contributed by atoms with Crippen molar-refractivity contribution < 1.29 is 0 Å². The number of hydrogen-bond acceptors (Lipinski definition) is 5. The number of nitrogens with two attached hydrogens (primary N) is 1. The summed E-state index contributed by atoms with van der Waals surface area (Å²) in [5.74, 6) is 0.712. The highest BCUT2D eigenvalue weighted by Gasteiger charge is 2.11. The fourth-order valence-electron chi connectivity index (χ4n) is 3.65. The molecule has 2 aromatic carbocycles. The molecular weight excluding hydrogens is 384 g/mol. The van der Waals surface area contributed by atoms with Crippen LogP contribution in [0.5, 0.6) is 0 Å². The minimum atomic E-state index is 0.430. The largest absolute Gasteiger partial charge is 0.397 e. The van der Waals surface area contributed by atoms with Crippen molar-refractivity contribution in [2.24, 2.45) is 0 Å². The molecule has 1 fully saturated rings. The molecule has 6 heteroatoms. The van der Waals surface area contributed by atoms with Crippen LogP contribution in [-0.4, -0.2) is 22.7 Å². The molecule has 0 radical (unpaired) electrons. The quantitative estimate of drug-likeness (QED) is 0.444. The number of piperidine rings is 1. The van der Waals surface area contributed by atoms with E-state index >= 15 is 0 Å². The van der Waals surface area contributed by atoms with Crippen LogP contribution in [-0.2, 0) is 0 Å². The van der Waals surface area contributed by atoms with E-state index in [1.165, 1.54) is 37.9 Å². The molecule has 0 unspecified atom stereocenters. The van der Waals surface area contributed by atoms with Crippen molar-refractivity contribution in [3.8, 4) is 17.2 Å². The van der Waals surface area contributed by atoms with Gasteiger partial charge in [0.15, 0.2) is 0 Å². The van der Waals surface area contributed by atoms with Crippen molar-refractivity contribution in [2.75, 3.05) is 24.1 Å². The topological polar surface area (TPSA) is 91.2 Å². The fraction of sp³-hybridized carbons (Fsp3) is 0.200. The number of aromatic nitrogens is 2. The predicted octanol–water partition coefficient (Wildman–Crippen LogP) is 4.96. The van der Waals surface area contributed by atoms with E-state index < -0.39 is 0 Å². The molecule has 1 aliphatic rings. The number of anilines is 3. The normalized spacial score (nSPS) is 13.1. The second kappa shape index (κ2) is 9.79. The molecule has 0 spiro atoms. The van der Waals surface area contributed by atoms with Crippen LogP contribution in [0.3, 0.4) is 0 Å². The molecule has 1 saturated heterocycles. The predicted molar refractivity (Wildman–Crippen MR) is 126 cm³/mol. The molecule has 3 heterocycles. The summed E-state index contributed by atoms with van der Waals surface area (Å²) in [5.41, 5.74) is 10.8. The monoisotopic (exact) mass is 410 g/mol. The van der Waals surface area contributed by atoms with Crippen LogP contribution in [0, 0.1) is 11.3 Å². The molecule has 5 rings (SSSR count). The summed E-state index contributed by atoms with van der Waals surface area (Å²) in [6.45, 7) is 2.50. The maximum atomic E-state index is 9.26. The summed E-state index contributed by atoms with van der Waals surface area (Å²) in [6, 6.07) is 24.0. The number of nitrogens with zero attached hydrogens (tertiary/aromatic N) is 3. The number of nitrogen functional groups attached to an aromatic ring is 1. The zero-order valence-electron chi connectivity index (χ0n) is 17.4. The summed E-state index contributed by atoms with van der Waals surface area (Å²) in [4.78, 5) is 0. The number of nitrogens with one attached hydrogen (secondary N) is 2. The lowest BCUT2D eigenvalue weighted by Crippen LogP contribution is -2.21. The third kappa shape index (κ3) is 4.85. The van der Waals surface area contributed by atoms with E-state index in [4.69, 9.17) is 5.73 Å². The van der Waals surface area contributed by atoms with E-state index in [2.05, 4.69) is 46.1 Å². The van der Waals surface area contributed by atoms with Gasteiger partial charge < -0.3 is 16.4 Å². The maximum absolute atomic E-state index is 9.26. The fourth-order valence-corrected chi connectivity index (χ4v) is 3.65. The molecule has 0 bridgehead atoms. The van der Waals surface area contributed by atoms with Gasteiger partial charge in [-0.3, -0.25) is 0 Å². The molecule has 0 saturated carbocycles. The minimum absolute atomic E-state index is 0.430. The third-order valence-electron chi connectivity index (χ3n) is 5.29. The second-order valence-corrected chi connectivity index (χ2v) is 7.48. The highest BCUT2D eigenvalue weighted by Crippen LogP contribution is 2.27. The van der Waals surface area contributed by atoms with E-state index in [0.717, 1.165) is 11.3 Å². The summed E-state index contributed by atoms with van der Waals surface area (Å²) in [6.07, 6.45) is 5.87. The average molecular weight is 411 g/mol. The Morgan fingerprint density at radius 3 is 2.26 bits per heavy atom. The third-order valence-corrected chi connectivity index (χ3v) is 5.29. The first-order chi connectivity index (χ1) is 15.3. The first kappa shape index (κ1) is 20.5. The van der Waals surface area contributed by atoms with E-state index in [9.17, 15) is 5.26 Å². The molecule has 6 nitrogen and oxygen atoms in total. The van der Waals surface area contributed by atoms with Gasteiger partial charge in [0.25, 0.3) is 0 Å². The number of benzene rings is 2. The van der Waals surface area contributed by atoms with Crippen molar-refractivity contribution in [1.29, 1.82) is 5.26 Å². The summed E-state index contributed by atoms with van der Waals surface area (Å²) >= 11 is 0. The van der Waals surface area contributed by atoms with Crippen molar-refractivity contribution in [3.05, 3.63) is 78.5 Å². The Morgan fingerprint density at radius 1 is 0.935 bits per heavy atom. The van der Waals surface area contributed by atoms with Crippen molar-refractivity contribution >= 4 is 22.7 Å². The molecule has 0 amide bonds. The first-order valence-corrected chi connectivity index (χ1v) is 10.6. The maximum Gasteiger partial charge on any atom is 0.134 e. The summed E-state index contributed by atoms with van der Waals surface area (Å²) in [7, 11) is 0. The van der Waals surface area contributed by atoms with Crippen LogP contribution in [0.4, 0.5) is 17.2 Å². The van der Waals surface area contributed by atoms with Crippen molar-refractivity contribution in [3.63, 3.8) is 0 Å². The summed E-state index contributed by atoms with van der Waals surface area (Å²) in [5, 5.41) is 20.1. The number of nitriles is 1. The Bertz CT molecular complexity index is 1160. The number of rotatable bonds is 3. The van der Waals surface area contributed by atoms with Gasteiger partial charge >= 0.3 is 0 Å². The van der Waals surface area contributed by atoms with E-state index in [1.807, 2.05) is 30.3 Å². The smallest absolute Gasteiger partial charge is 0.134 e. The Morgan fingerprint density at radius 2 is 1.65 bits per heavy atom. The van der Waals surface area contributed by atoms with Crippen LogP contribution in [0.1, 0.15) is 24.8 Å². The van der Waals surface area contributed by atoms with Crippen LogP contribution < -0.4 is 16.4 Å². The molecule has 4 N–H and O–H groups in total. The summed E-state index contributed by atoms with van der Waals surface area (Å²) < 4.78 is 1.68. The molecule has 2 aromatic heterocycles. The van der Waals surface area contributed by atoms with Gasteiger partial charge in [-0.2, -0.15) is 10.4 Å². The average Bonchev–Trinajstić information content (AvgIpc) is 3.32. The highest BCUT2D eigenvalue weighted by molar-refractivity contribution is 5.77. The van der Waals surface area contributed by atoms with E-state index in [1.54, 1.807) is 22.8 Å².